The molecule has 1 aromatic carbocycles. The molecule has 28 heavy (non-hydrogen) atoms. The van der Waals surface area contributed by atoms with Crippen LogP contribution in [0.3, 0.4) is 0 Å². The van der Waals surface area contributed by atoms with Crippen molar-refractivity contribution in [2.75, 3.05) is 37.4 Å². The predicted molar refractivity (Wildman–Crippen MR) is 103 cm³/mol. The van der Waals surface area contributed by atoms with Crippen LogP contribution in [-0.2, 0) is 9.53 Å². The van der Waals surface area contributed by atoms with E-state index in [4.69, 9.17) is 9.26 Å². The molecule has 2 aromatic rings. The van der Waals surface area contributed by atoms with Crippen LogP contribution < -0.4 is 10.6 Å². The summed E-state index contributed by atoms with van der Waals surface area (Å²) in [5.41, 5.74) is 2.15. The number of urea groups is 1. The van der Waals surface area contributed by atoms with Crippen LogP contribution in [0.15, 0.2) is 22.7 Å². The summed E-state index contributed by atoms with van der Waals surface area (Å²) in [7, 11) is 1.46. The quantitative estimate of drug-likeness (QED) is 0.816. The van der Waals surface area contributed by atoms with Gasteiger partial charge in [0, 0.05) is 44.4 Å². The first kappa shape index (κ1) is 19.8. The minimum atomic E-state index is -0.252. The molecule has 150 valence electrons. The first-order valence-electron chi connectivity index (χ1n) is 9.22. The van der Waals surface area contributed by atoms with Crippen LogP contribution in [0.2, 0.25) is 0 Å². The normalized spacial score (nSPS) is 16.7. The molecular weight excluding hydrogens is 362 g/mol. The SMILES string of the molecule is COCC(=O)Nc1ccc(C)c(NC(=O)N2CCC[C@@H](c3noc(C)n3)C2)c1. The summed E-state index contributed by atoms with van der Waals surface area (Å²) < 4.78 is 9.88. The van der Waals surface area contributed by atoms with Gasteiger partial charge in [0.1, 0.15) is 6.61 Å². The number of aromatic nitrogens is 2. The molecule has 1 aliphatic rings. The fourth-order valence-corrected chi connectivity index (χ4v) is 3.21. The lowest BCUT2D eigenvalue weighted by atomic mass is 9.97. The van der Waals surface area contributed by atoms with Crippen molar-refractivity contribution in [3.8, 4) is 0 Å². The number of benzene rings is 1. The zero-order chi connectivity index (χ0) is 20.1. The fraction of sp³-hybridized carbons (Fsp3) is 0.474. The third-order valence-corrected chi connectivity index (χ3v) is 4.66. The molecule has 9 nitrogen and oxygen atoms in total. The van der Waals surface area contributed by atoms with E-state index in [9.17, 15) is 9.59 Å². The van der Waals surface area contributed by atoms with E-state index >= 15 is 0 Å². The van der Waals surface area contributed by atoms with E-state index in [-0.39, 0.29) is 24.5 Å². The standard InChI is InChI=1S/C19H25N5O4/c1-12-6-7-15(21-17(25)11-27-3)9-16(12)22-19(26)24-8-4-5-14(10-24)18-20-13(2)28-23-18/h6-7,9,14H,4-5,8,10-11H2,1-3H3,(H,21,25)(H,22,26)/t14-/m1/s1. The Bertz CT molecular complexity index is 851. The second kappa shape index (κ2) is 8.83. The zero-order valence-corrected chi connectivity index (χ0v) is 16.3. The Labute approximate surface area is 163 Å². The molecule has 0 saturated carbocycles. The highest BCUT2D eigenvalue weighted by molar-refractivity contribution is 5.94. The second-order valence-corrected chi connectivity index (χ2v) is 6.90. The Morgan fingerprint density at radius 3 is 2.86 bits per heavy atom. The summed E-state index contributed by atoms with van der Waals surface area (Å²) >= 11 is 0. The molecular formula is C19H25N5O4. The molecule has 3 amide bonds. The molecule has 0 aliphatic carbocycles. The van der Waals surface area contributed by atoms with Crippen molar-refractivity contribution in [1.29, 1.82) is 0 Å². The van der Waals surface area contributed by atoms with Gasteiger partial charge in [0.25, 0.3) is 0 Å². The number of nitrogens with one attached hydrogen (secondary N) is 2. The largest absolute Gasteiger partial charge is 0.375 e. The molecule has 2 heterocycles. The molecule has 1 atom stereocenters. The zero-order valence-electron chi connectivity index (χ0n) is 16.3. The monoisotopic (exact) mass is 387 g/mol. The first-order chi connectivity index (χ1) is 13.5. The molecule has 0 bridgehead atoms. The van der Waals surface area contributed by atoms with Crippen LogP contribution in [0, 0.1) is 13.8 Å². The van der Waals surface area contributed by atoms with Gasteiger partial charge >= 0.3 is 6.03 Å². The Kier molecular flexibility index (Phi) is 6.25. The van der Waals surface area contributed by atoms with Gasteiger partial charge < -0.3 is 24.8 Å². The van der Waals surface area contributed by atoms with E-state index in [0.29, 0.717) is 36.2 Å². The van der Waals surface area contributed by atoms with Crippen molar-refractivity contribution in [3.05, 3.63) is 35.5 Å². The second-order valence-electron chi connectivity index (χ2n) is 6.90. The molecule has 9 heteroatoms. The lowest BCUT2D eigenvalue weighted by Gasteiger charge is -2.31. The van der Waals surface area contributed by atoms with E-state index < -0.39 is 0 Å². The average Bonchev–Trinajstić information content (AvgIpc) is 3.11. The van der Waals surface area contributed by atoms with Gasteiger partial charge in [0.05, 0.1) is 0 Å². The third kappa shape index (κ3) is 4.86. The number of rotatable bonds is 5. The van der Waals surface area contributed by atoms with E-state index in [2.05, 4.69) is 20.8 Å². The molecule has 0 unspecified atom stereocenters. The number of nitrogens with zero attached hydrogens (tertiary/aromatic N) is 3. The summed E-state index contributed by atoms with van der Waals surface area (Å²) in [6.07, 6.45) is 1.79. The fourth-order valence-electron chi connectivity index (χ4n) is 3.21. The maximum atomic E-state index is 12.8. The van der Waals surface area contributed by atoms with Crippen molar-refractivity contribution in [3.63, 3.8) is 0 Å². The van der Waals surface area contributed by atoms with Crippen LogP contribution >= 0.6 is 0 Å². The molecule has 0 radical (unpaired) electrons. The Balaban J connectivity index is 1.65. The number of likely N-dealkylation sites (tertiary alicyclic amines) is 1. The number of carbonyl (C=O) groups is 2. The van der Waals surface area contributed by atoms with Crippen molar-refractivity contribution < 1.29 is 18.8 Å². The van der Waals surface area contributed by atoms with Gasteiger partial charge in [-0.25, -0.2) is 4.79 Å². The van der Waals surface area contributed by atoms with Gasteiger partial charge in [-0.2, -0.15) is 4.98 Å². The van der Waals surface area contributed by atoms with Gasteiger partial charge in [-0.3, -0.25) is 4.79 Å². The summed E-state index contributed by atoms with van der Waals surface area (Å²) in [4.78, 5) is 30.5. The predicted octanol–water partition coefficient (Wildman–Crippen LogP) is 2.68. The van der Waals surface area contributed by atoms with Gasteiger partial charge in [-0.05, 0) is 37.5 Å². The van der Waals surface area contributed by atoms with Gasteiger partial charge in [0.2, 0.25) is 11.8 Å². The Hall–Kier alpha value is -2.94. The number of anilines is 2. The van der Waals surface area contributed by atoms with Gasteiger partial charge in [-0.1, -0.05) is 11.2 Å². The highest BCUT2D eigenvalue weighted by Crippen LogP contribution is 2.26. The summed E-state index contributed by atoms with van der Waals surface area (Å²) in [5, 5.41) is 9.67. The topological polar surface area (TPSA) is 110 Å². The molecule has 2 N–H and O–H groups in total. The summed E-state index contributed by atoms with van der Waals surface area (Å²) in [5.74, 6) is 0.990. The van der Waals surface area contributed by atoms with Crippen LogP contribution in [0.5, 0.6) is 0 Å². The lowest BCUT2D eigenvalue weighted by Crippen LogP contribution is -2.42. The third-order valence-electron chi connectivity index (χ3n) is 4.66. The Morgan fingerprint density at radius 2 is 2.14 bits per heavy atom. The van der Waals surface area contributed by atoms with Crippen LogP contribution in [0.1, 0.15) is 36.0 Å². The van der Waals surface area contributed by atoms with E-state index in [0.717, 1.165) is 18.4 Å². The smallest absolute Gasteiger partial charge is 0.321 e. The maximum Gasteiger partial charge on any atom is 0.321 e. The molecule has 1 saturated heterocycles. The number of carbonyl (C=O) groups excluding carboxylic acids is 2. The van der Waals surface area contributed by atoms with Crippen LogP contribution in [-0.4, -0.2) is 53.8 Å². The average molecular weight is 387 g/mol. The molecule has 1 aliphatic heterocycles. The van der Waals surface area contributed by atoms with Crippen LogP contribution in [0.25, 0.3) is 0 Å². The van der Waals surface area contributed by atoms with Gasteiger partial charge in [-0.15, -0.1) is 0 Å². The number of ether oxygens (including phenoxy) is 1. The van der Waals surface area contributed by atoms with Crippen molar-refractivity contribution in [2.45, 2.75) is 32.6 Å². The number of piperidine rings is 1. The molecule has 1 fully saturated rings. The number of hydrogen-bond acceptors (Lipinski definition) is 6. The lowest BCUT2D eigenvalue weighted by molar-refractivity contribution is -0.119. The number of aryl methyl sites for hydroxylation is 2. The highest BCUT2D eigenvalue weighted by Gasteiger charge is 2.28. The first-order valence-corrected chi connectivity index (χ1v) is 9.22. The van der Waals surface area contributed by atoms with Crippen molar-refractivity contribution >= 4 is 23.3 Å². The minimum Gasteiger partial charge on any atom is -0.375 e. The number of amides is 3. The van der Waals surface area contributed by atoms with Crippen molar-refractivity contribution in [2.24, 2.45) is 0 Å². The van der Waals surface area contributed by atoms with E-state index in [1.54, 1.807) is 24.0 Å². The highest BCUT2D eigenvalue weighted by atomic mass is 16.5. The number of hydrogen-bond donors (Lipinski definition) is 2. The van der Waals surface area contributed by atoms with E-state index in [1.807, 2.05) is 13.0 Å². The summed E-state index contributed by atoms with van der Waals surface area (Å²) in [6.45, 7) is 4.83. The Morgan fingerprint density at radius 1 is 1.32 bits per heavy atom. The van der Waals surface area contributed by atoms with Gasteiger partial charge in [0.15, 0.2) is 5.82 Å². The molecule has 3 rings (SSSR count). The number of methoxy groups -OCH3 is 1. The molecule has 0 spiro atoms. The summed E-state index contributed by atoms with van der Waals surface area (Å²) in [6, 6.07) is 5.19. The van der Waals surface area contributed by atoms with Crippen LogP contribution in [0.4, 0.5) is 16.2 Å². The van der Waals surface area contributed by atoms with Crippen molar-refractivity contribution in [1.82, 2.24) is 15.0 Å². The maximum absolute atomic E-state index is 12.8. The van der Waals surface area contributed by atoms with E-state index in [1.165, 1.54) is 7.11 Å². The minimum absolute atomic E-state index is 0.0275. The molecule has 1 aromatic heterocycles.